The second kappa shape index (κ2) is 4.68. The summed E-state index contributed by atoms with van der Waals surface area (Å²) in [5.74, 6) is 4.20. The molecule has 2 fully saturated rings. The van der Waals surface area contributed by atoms with Crippen LogP contribution in [0.4, 0.5) is 0 Å². The van der Waals surface area contributed by atoms with E-state index in [2.05, 4.69) is 13.8 Å². The number of hydrogen-bond acceptors (Lipinski definition) is 0. The molecule has 0 aromatic carbocycles. The van der Waals surface area contributed by atoms with Crippen molar-refractivity contribution in [1.29, 1.82) is 0 Å². The van der Waals surface area contributed by atoms with Gasteiger partial charge in [-0.25, -0.2) is 0 Å². The molecule has 82 valence electrons. The largest absolute Gasteiger partial charge is 0.0622 e. The van der Waals surface area contributed by atoms with Gasteiger partial charge in [-0.3, -0.25) is 0 Å². The molecule has 0 N–H and O–H groups in total. The quantitative estimate of drug-likeness (QED) is 0.533. The first-order valence-electron chi connectivity index (χ1n) is 6.77. The van der Waals surface area contributed by atoms with Crippen LogP contribution in [-0.2, 0) is 0 Å². The van der Waals surface area contributed by atoms with Crippen molar-refractivity contribution in [2.24, 2.45) is 23.7 Å². The number of hydrogen-bond donors (Lipinski definition) is 0. The Hall–Kier alpha value is 0. The standard InChI is InChI=1S/C14H26/c1-11-9-14(10-12(11)2)13-7-5-3-4-6-8-13/h11-14H,3-10H2,1-2H3. The highest BCUT2D eigenvalue weighted by Gasteiger charge is 2.33. The third kappa shape index (κ3) is 2.32. The first-order chi connectivity index (χ1) is 6.77. The van der Waals surface area contributed by atoms with Crippen LogP contribution in [0.15, 0.2) is 0 Å². The fraction of sp³-hybridized carbons (Fsp3) is 1.00. The minimum Gasteiger partial charge on any atom is -0.0622 e. The molecule has 0 aromatic rings. The van der Waals surface area contributed by atoms with Gasteiger partial charge in [-0.15, -0.1) is 0 Å². The fourth-order valence-electron chi connectivity index (χ4n) is 3.68. The van der Waals surface area contributed by atoms with Crippen molar-refractivity contribution in [2.45, 2.75) is 65.2 Å². The van der Waals surface area contributed by atoms with Crippen molar-refractivity contribution >= 4 is 0 Å². The van der Waals surface area contributed by atoms with Gasteiger partial charge in [0.15, 0.2) is 0 Å². The smallest absolute Gasteiger partial charge is 0.0381 e. The lowest BCUT2D eigenvalue weighted by atomic mass is 9.84. The first kappa shape index (κ1) is 10.5. The second-order valence-electron chi connectivity index (χ2n) is 5.94. The summed E-state index contributed by atoms with van der Waals surface area (Å²) in [6.07, 6.45) is 12.2. The first-order valence-corrected chi connectivity index (χ1v) is 6.77. The van der Waals surface area contributed by atoms with E-state index in [0.717, 1.165) is 23.7 Å². The van der Waals surface area contributed by atoms with E-state index in [4.69, 9.17) is 0 Å². The molecule has 2 aliphatic carbocycles. The molecule has 2 saturated carbocycles. The molecule has 0 heteroatoms. The Morgan fingerprint density at radius 1 is 0.643 bits per heavy atom. The van der Waals surface area contributed by atoms with Crippen LogP contribution in [0.2, 0.25) is 0 Å². The molecule has 14 heavy (non-hydrogen) atoms. The van der Waals surface area contributed by atoms with Crippen LogP contribution in [-0.4, -0.2) is 0 Å². The van der Waals surface area contributed by atoms with Gasteiger partial charge in [0.25, 0.3) is 0 Å². The van der Waals surface area contributed by atoms with Gasteiger partial charge in [-0.1, -0.05) is 52.4 Å². The molecular formula is C14H26. The molecule has 2 atom stereocenters. The Labute approximate surface area is 89.5 Å². The fourth-order valence-corrected chi connectivity index (χ4v) is 3.68. The van der Waals surface area contributed by atoms with E-state index in [-0.39, 0.29) is 0 Å². The molecule has 2 rings (SSSR count). The van der Waals surface area contributed by atoms with Crippen LogP contribution in [0.5, 0.6) is 0 Å². The maximum atomic E-state index is 2.46. The summed E-state index contributed by atoms with van der Waals surface area (Å²) in [5.41, 5.74) is 0. The van der Waals surface area contributed by atoms with Crippen molar-refractivity contribution in [3.05, 3.63) is 0 Å². The molecule has 0 spiro atoms. The van der Waals surface area contributed by atoms with Gasteiger partial charge < -0.3 is 0 Å². The third-order valence-electron chi connectivity index (χ3n) is 4.89. The third-order valence-corrected chi connectivity index (χ3v) is 4.89. The number of rotatable bonds is 1. The molecule has 2 aliphatic rings. The molecule has 2 unspecified atom stereocenters. The van der Waals surface area contributed by atoms with Crippen LogP contribution < -0.4 is 0 Å². The van der Waals surface area contributed by atoms with E-state index < -0.39 is 0 Å². The van der Waals surface area contributed by atoms with Gasteiger partial charge in [0.1, 0.15) is 0 Å². The zero-order valence-electron chi connectivity index (χ0n) is 9.97. The Balaban J connectivity index is 1.88. The minimum absolute atomic E-state index is 1.00. The predicted octanol–water partition coefficient (Wildman–Crippen LogP) is 4.64. The van der Waals surface area contributed by atoms with Crippen molar-refractivity contribution in [2.75, 3.05) is 0 Å². The molecule has 0 heterocycles. The van der Waals surface area contributed by atoms with Gasteiger partial charge in [-0.05, 0) is 36.5 Å². The highest BCUT2D eigenvalue weighted by molar-refractivity contribution is 4.83. The van der Waals surface area contributed by atoms with Gasteiger partial charge >= 0.3 is 0 Å². The molecule has 0 saturated heterocycles. The zero-order valence-corrected chi connectivity index (χ0v) is 9.97. The van der Waals surface area contributed by atoms with E-state index in [1.54, 1.807) is 12.8 Å². The minimum atomic E-state index is 1.00. The summed E-state index contributed by atoms with van der Waals surface area (Å²) < 4.78 is 0. The Kier molecular flexibility index (Phi) is 3.52. The van der Waals surface area contributed by atoms with Crippen LogP contribution in [0.3, 0.4) is 0 Å². The SMILES string of the molecule is CC1CC(C2CCCCCC2)CC1C. The van der Waals surface area contributed by atoms with Crippen LogP contribution in [0.1, 0.15) is 65.2 Å². The Morgan fingerprint density at radius 3 is 1.64 bits per heavy atom. The average Bonchev–Trinajstić information content (AvgIpc) is 2.46. The molecule has 0 amide bonds. The lowest BCUT2D eigenvalue weighted by Crippen LogP contribution is -2.11. The van der Waals surface area contributed by atoms with Crippen molar-refractivity contribution in [3.8, 4) is 0 Å². The normalized spacial score (nSPS) is 41.1. The highest BCUT2D eigenvalue weighted by atomic mass is 14.4. The van der Waals surface area contributed by atoms with E-state index in [0.29, 0.717) is 0 Å². The monoisotopic (exact) mass is 194 g/mol. The van der Waals surface area contributed by atoms with Gasteiger partial charge in [0, 0.05) is 0 Å². The predicted molar refractivity (Wildman–Crippen MR) is 62.2 cm³/mol. The van der Waals surface area contributed by atoms with Crippen molar-refractivity contribution < 1.29 is 0 Å². The van der Waals surface area contributed by atoms with E-state index in [1.807, 2.05) is 0 Å². The van der Waals surface area contributed by atoms with Crippen LogP contribution in [0, 0.1) is 23.7 Å². The summed E-state index contributed by atoms with van der Waals surface area (Å²) in [4.78, 5) is 0. The molecule has 0 bridgehead atoms. The van der Waals surface area contributed by atoms with Crippen molar-refractivity contribution in [3.63, 3.8) is 0 Å². The topological polar surface area (TPSA) is 0 Å². The molecule has 0 aliphatic heterocycles. The maximum Gasteiger partial charge on any atom is -0.0381 e. The molecule has 0 aromatic heterocycles. The van der Waals surface area contributed by atoms with Crippen LogP contribution in [0.25, 0.3) is 0 Å². The average molecular weight is 194 g/mol. The lowest BCUT2D eigenvalue weighted by molar-refractivity contribution is 0.294. The van der Waals surface area contributed by atoms with E-state index in [9.17, 15) is 0 Å². The summed E-state index contributed by atoms with van der Waals surface area (Å²) in [6, 6.07) is 0. The maximum absolute atomic E-state index is 2.46. The van der Waals surface area contributed by atoms with Crippen LogP contribution >= 0.6 is 0 Å². The van der Waals surface area contributed by atoms with E-state index in [1.165, 1.54) is 38.5 Å². The van der Waals surface area contributed by atoms with Gasteiger partial charge in [0.05, 0.1) is 0 Å². The lowest BCUT2D eigenvalue weighted by Gasteiger charge is -2.21. The molecule has 0 radical (unpaired) electrons. The summed E-state index contributed by atoms with van der Waals surface area (Å²) in [6.45, 7) is 4.92. The zero-order chi connectivity index (χ0) is 9.97. The molecule has 0 nitrogen and oxygen atoms in total. The summed E-state index contributed by atoms with van der Waals surface area (Å²) in [7, 11) is 0. The second-order valence-corrected chi connectivity index (χ2v) is 5.94. The summed E-state index contributed by atoms with van der Waals surface area (Å²) in [5, 5.41) is 0. The summed E-state index contributed by atoms with van der Waals surface area (Å²) >= 11 is 0. The van der Waals surface area contributed by atoms with Gasteiger partial charge in [-0.2, -0.15) is 0 Å². The highest BCUT2D eigenvalue weighted by Crippen LogP contribution is 2.43. The van der Waals surface area contributed by atoms with Gasteiger partial charge in [0.2, 0.25) is 0 Å². The molecular weight excluding hydrogens is 168 g/mol. The Morgan fingerprint density at radius 2 is 1.14 bits per heavy atom. The Bertz CT molecular complexity index is 155. The van der Waals surface area contributed by atoms with E-state index >= 15 is 0 Å². The van der Waals surface area contributed by atoms with Crippen molar-refractivity contribution in [1.82, 2.24) is 0 Å².